The molecular formula is C50H45I3N10O5. The molecule has 0 bridgehead atoms. The number of nitrogens with two attached hydrogens (primary N) is 2. The van der Waals surface area contributed by atoms with Gasteiger partial charge in [-0.25, -0.2) is 9.97 Å². The van der Waals surface area contributed by atoms with E-state index in [4.69, 9.17) is 44.5 Å². The van der Waals surface area contributed by atoms with Gasteiger partial charge in [-0.05, 0) is 181 Å². The molecule has 15 nitrogen and oxygen atoms in total. The van der Waals surface area contributed by atoms with Gasteiger partial charge in [-0.1, -0.05) is 21.5 Å². The van der Waals surface area contributed by atoms with Crippen molar-refractivity contribution in [2.75, 3.05) is 37.9 Å². The molecule has 2 aliphatic rings. The molecule has 68 heavy (non-hydrogen) atoms. The molecule has 4 aromatic carbocycles. The van der Waals surface area contributed by atoms with Crippen LogP contribution in [0, 0.1) is 52.3 Å². The van der Waals surface area contributed by atoms with Crippen LogP contribution in [-0.2, 0) is 9.47 Å². The number of hydrogen-bond donors (Lipinski definition) is 4. The minimum atomic E-state index is 0.316. The number of aromatic amines is 2. The topological polar surface area (TPSA) is 219 Å². The summed E-state index contributed by atoms with van der Waals surface area (Å²) in [4.78, 5) is 21.3. The summed E-state index contributed by atoms with van der Waals surface area (Å²) < 4.78 is 29.8. The van der Waals surface area contributed by atoms with Gasteiger partial charge in [0, 0.05) is 50.1 Å². The molecule has 0 unspecified atom stereocenters. The zero-order chi connectivity index (χ0) is 47.5. The number of imidazole rings is 2. The van der Waals surface area contributed by atoms with Gasteiger partial charge in [0.15, 0.2) is 0 Å². The maximum Gasteiger partial charge on any atom is 0.141 e. The SMILES string of the molecule is Cc1noc(C)c1-c1cc(-c2c(I)ccc3ncccc23)c2nc(C3COC3)[nH]c2c1.Cc1noc(C)c1-c1cc(I)c2nc(C3COC3)[nH]c2c1.Cc1noc(C)c1-c1cc(N)c(N)c(I)c1. The Morgan fingerprint density at radius 1 is 0.559 bits per heavy atom. The average Bonchev–Trinajstić information content (AvgIpc) is 4.10. The van der Waals surface area contributed by atoms with Gasteiger partial charge in [-0.2, -0.15) is 0 Å². The quantitative estimate of drug-likeness (QED) is 0.0900. The molecule has 0 atom stereocenters. The number of nitrogen functional groups attached to an aromatic ring is 2. The van der Waals surface area contributed by atoms with E-state index in [2.05, 4.69) is 141 Å². The fourth-order valence-electron chi connectivity index (χ4n) is 8.75. The summed E-state index contributed by atoms with van der Waals surface area (Å²) in [7, 11) is 0. The lowest BCUT2D eigenvalue weighted by Crippen LogP contribution is -2.26. The van der Waals surface area contributed by atoms with Crippen LogP contribution in [0.5, 0.6) is 0 Å². The largest absolute Gasteiger partial charge is 0.397 e. The molecule has 0 aliphatic carbocycles. The maximum atomic E-state index is 5.85. The first-order valence-electron chi connectivity index (χ1n) is 21.8. The van der Waals surface area contributed by atoms with Crippen molar-refractivity contribution in [1.29, 1.82) is 0 Å². The number of anilines is 2. The molecule has 0 amide bonds. The maximum absolute atomic E-state index is 5.85. The van der Waals surface area contributed by atoms with Crippen LogP contribution in [0.15, 0.2) is 80.4 Å². The van der Waals surface area contributed by atoms with E-state index in [0.29, 0.717) is 36.4 Å². The molecule has 346 valence electrons. The number of fused-ring (bicyclic) bond motifs is 3. The molecule has 18 heteroatoms. The van der Waals surface area contributed by atoms with Crippen molar-refractivity contribution in [1.82, 2.24) is 40.4 Å². The van der Waals surface area contributed by atoms with E-state index in [1.165, 1.54) is 0 Å². The number of nitrogens with zero attached hydrogens (tertiary/aromatic N) is 6. The minimum Gasteiger partial charge on any atom is -0.397 e. The highest BCUT2D eigenvalue weighted by atomic mass is 127. The molecule has 2 fully saturated rings. The third kappa shape index (κ3) is 8.66. The van der Waals surface area contributed by atoms with Gasteiger partial charge in [0.1, 0.15) is 34.4 Å². The van der Waals surface area contributed by atoms with E-state index < -0.39 is 0 Å². The Kier molecular flexibility index (Phi) is 12.8. The standard InChI is InChI=1S/C24H19IN4O2.C15H14IN3O2.C11H12IN3O/c1-12-21(13(2)31-29-12)14-8-17(22-16-4-3-7-26-19(16)6-5-18(22)25)23-20(9-14)27-24(28-23)15-10-30-11-15;1-7-13(8(2)21-19-7)9-3-11(16)14-12(4-9)17-15(18-14)10-5-20-6-10;1-5-10(6(2)16-15-5)7-3-8(12)11(14)9(13)4-7/h3-9,15H,10-11H2,1-2H3,(H,27,28);3-4,10H,5-6H2,1-2H3,(H,17,18);3-4H,13-14H2,1-2H3. The minimum absolute atomic E-state index is 0.316. The normalized spacial score (nSPS) is 13.9. The van der Waals surface area contributed by atoms with Crippen molar-refractivity contribution in [2.24, 2.45) is 0 Å². The van der Waals surface area contributed by atoms with Crippen LogP contribution in [0.3, 0.4) is 0 Å². The lowest BCUT2D eigenvalue weighted by atomic mass is 9.94. The highest BCUT2D eigenvalue weighted by molar-refractivity contribution is 14.1. The summed E-state index contributed by atoms with van der Waals surface area (Å²) in [6.45, 7) is 14.6. The van der Waals surface area contributed by atoms with E-state index in [-0.39, 0.29) is 0 Å². The van der Waals surface area contributed by atoms with Crippen LogP contribution in [0.4, 0.5) is 11.4 Å². The Morgan fingerprint density at radius 2 is 1.06 bits per heavy atom. The molecule has 10 aromatic rings. The summed E-state index contributed by atoms with van der Waals surface area (Å²) in [6.07, 6.45) is 1.83. The van der Waals surface area contributed by atoms with Crippen molar-refractivity contribution in [2.45, 2.75) is 53.4 Å². The van der Waals surface area contributed by atoms with Crippen LogP contribution in [0.25, 0.3) is 77.5 Å². The van der Waals surface area contributed by atoms with Crippen LogP contribution < -0.4 is 11.5 Å². The second kappa shape index (κ2) is 18.8. The molecular weight excluding hydrogens is 1200 g/mol. The van der Waals surface area contributed by atoms with Gasteiger partial charge in [-0.15, -0.1) is 0 Å². The molecule has 0 saturated carbocycles. The van der Waals surface area contributed by atoms with E-state index in [1.807, 2.05) is 65.9 Å². The first-order chi connectivity index (χ1) is 32.7. The molecule has 8 heterocycles. The van der Waals surface area contributed by atoms with E-state index in [1.54, 1.807) is 0 Å². The smallest absolute Gasteiger partial charge is 0.141 e. The Hall–Kier alpha value is -5.43. The molecule has 6 N–H and O–H groups in total. The number of H-pyrrole nitrogens is 2. The third-order valence-electron chi connectivity index (χ3n) is 12.3. The van der Waals surface area contributed by atoms with Gasteiger partial charge < -0.3 is 44.5 Å². The van der Waals surface area contributed by atoms with Crippen molar-refractivity contribution < 1.29 is 23.0 Å². The molecule has 0 radical (unpaired) electrons. The Labute approximate surface area is 431 Å². The first kappa shape index (κ1) is 46.3. The van der Waals surface area contributed by atoms with E-state index >= 15 is 0 Å². The third-order valence-corrected chi connectivity index (χ3v) is 15.0. The molecule has 2 aliphatic heterocycles. The number of aryl methyl sites for hydroxylation is 6. The number of pyridine rings is 1. The fourth-order valence-corrected chi connectivity index (χ4v) is 10.9. The van der Waals surface area contributed by atoms with Crippen LogP contribution in [0.1, 0.15) is 57.8 Å². The number of benzene rings is 4. The van der Waals surface area contributed by atoms with Crippen LogP contribution >= 0.6 is 67.8 Å². The first-order valence-corrected chi connectivity index (χ1v) is 25.0. The molecule has 0 spiro atoms. The molecule has 2 saturated heterocycles. The fraction of sp³-hybridized carbons (Fsp3) is 0.240. The van der Waals surface area contributed by atoms with Crippen molar-refractivity contribution in [3.63, 3.8) is 0 Å². The second-order valence-corrected chi connectivity index (χ2v) is 20.5. The van der Waals surface area contributed by atoms with Crippen molar-refractivity contribution in [3.05, 3.63) is 124 Å². The van der Waals surface area contributed by atoms with Gasteiger partial charge >= 0.3 is 0 Å². The Morgan fingerprint density at radius 3 is 1.56 bits per heavy atom. The van der Waals surface area contributed by atoms with Gasteiger partial charge in [0.2, 0.25) is 0 Å². The predicted molar refractivity (Wildman–Crippen MR) is 288 cm³/mol. The van der Waals surface area contributed by atoms with Crippen LogP contribution in [-0.4, -0.2) is 66.8 Å². The highest BCUT2D eigenvalue weighted by Crippen LogP contribution is 2.41. The Balaban J connectivity index is 0.000000127. The average molecular weight is 1250 g/mol. The van der Waals surface area contributed by atoms with E-state index in [0.717, 1.165) is 147 Å². The molecule has 6 aromatic heterocycles. The van der Waals surface area contributed by atoms with Gasteiger partial charge in [0.25, 0.3) is 0 Å². The number of nitrogens with one attached hydrogen (secondary N) is 2. The van der Waals surface area contributed by atoms with Gasteiger partial charge in [0.05, 0.1) is 88.8 Å². The zero-order valence-corrected chi connectivity index (χ0v) is 44.3. The summed E-state index contributed by atoms with van der Waals surface area (Å²) in [5.41, 5.74) is 29.0. The van der Waals surface area contributed by atoms with Crippen molar-refractivity contribution >= 4 is 112 Å². The second-order valence-electron chi connectivity index (χ2n) is 17.0. The highest BCUT2D eigenvalue weighted by Gasteiger charge is 2.27. The summed E-state index contributed by atoms with van der Waals surface area (Å²) >= 11 is 6.91. The summed E-state index contributed by atoms with van der Waals surface area (Å²) in [5.74, 6) is 5.15. The zero-order valence-electron chi connectivity index (χ0n) is 37.8. The summed E-state index contributed by atoms with van der Waals surface area (Å²) in [6, 6.07) is 20.8. The number of ether oxygens (including phenoxy) is 2. The monoisotopic (exact) mass is 1250 g/mol. The summed E-state index contributed by atoms with van der Waals surface area (Å²) in [5, 5.41) is 13.2. The Bertz CT molecular complexity index is 3460. The van der Waals surface area contributed by atoms with Crippen LogP contribution in [0.2, 0.25) is 0 Å². The van der Waals surface area contributed by atoms with E-state index in [9.17, 15) is 0 Å². The van der Waals surface area contributed by atoms with Crippen molar-refractivity contribution in [3.8, 4) is 44.5 Å². The number of rotatable bonds is 6. The number of halogens is 3. The lowest BCUT2D eigenvalue weighted by Gasteiger charge is -2.23. The van der Waals surface area contributed by atoms with Gasteiger partial charge in [-0.3, -0.25) is 4.98 Å². The lowest BCUT2D eigenvalue weighted by molar-refractivity contribution is 0.00524. The number of hydrogen-bond acceptors (Lipinski definition) is 13. The number of aromatic nitrogens is 8. The predicted octanol–water partition coefficient (Wildman–Crippen LogP) is 12.0. The molecule has 12 rings (SSSR count).